The highest BCUT2D eigenvalue weighted by atomic mass is 32.1. The van der Waals surface area contributed by atoms with Gasteiger partial charge in [0.05, 0.1) is 5.52 Å². The molecule has 3 aromatic rings. The summed E-state index contributed by atoms with van der Waals surface area (Å²) in [7, 11) is 0. The van der Waals surface area contributed by atoms with Crippen LogP contribution in [-0.2, 0) is 13.0 Å². The molecule has 1 atom stereocenters. The van der Waals surface area contributed by atoms with Crippen molar-refractivity contribution in [1.82, 2.24) is 9.88 Å². The number of pyridine rings is 1. The maximum atomic E-state index is 4.61. The minimum atomic E-state index is 0.550. The lowest BCUT2D eigenvalue weighted by Crippen LogP contribution is -2.34. The molecule has 0 radical (unpaired) electrons. The maximum absolute atomic E-state index is 4.61. The molecule has 0 amide bonds. The monoisotopic (exact) mass is 308 g/mol. The summed E-state index contributed by atoms with van der Waals surface area (Å²) in [5, 5.41) is 3.48. The third-order valence-corrected chi connectivity index (χ3v) is 5.68. The molecule has 0 saturated carbocycles. The van der Waals surface area contributed by atoms with Crippen LogP contribution >= 0.6 is 11.3 Å². The molecular formula is C19H20N2S. The summed E-state index contributed by atoms with van der Waals surface area (Å²) in [5.74, 6) is 0. The molecule has 0 fully saturated rings. The summed E-state index contributed by atoms with van der Waals surface area (Å²) in [6, 6.07) is 13.6. The second-order valence-electron chi connectivity index (χ2n) is 5.94. The number of hydrogen-bond donors (Lipinski definition) is 0. The molecule has 0 aliphatic carbocycles. The highest BCUT2D eigenvalue weighted by Crippen LogP contribution is 2.36. The van der Waals surface area contributed by atoms with Crippen molar-refractivity contribution < 1.29 is 0 Å². The molecule has 0 spiro atoms. The lowest BCUT2D eigenvalue weighted by atomic mass is 9.97. The van der Waals surface area contributed by atoms with Crippen molar-refractivity contribution in [3.8, 4) is 0 Å². The molecule has 112 valence electrons. The molecule has 22 heavy (non-hydrogen) atoms. The van der Waals surface area contributed by atoms with E-state index >= 15 is 0 Å². The number of benzene rings is 1. The Kier molecular flexibility index (Phi) is 3.68. The van der Waals surface area contributed by atoms with Crippen LogP contribution in [0.15, 0.2) is 48.0 Å². The fourth-order valence-corrected chi connectivity index (χ4v) is 4.56. The van der Waals surface area contributed by atoms with E-state index in [4.69, 9.17) is 0 Å². The number of rotatable bonds is 3. The molecule has 1 unspecified atom stereocenters. The van der Waals surface area contributed by atoms with Gasteiger partial charge in [0.15, 0.2) is 0 Å². The number of fused-ring (bicyclic) bond motifs is 2. The first-order valence-electron chi connectivity index (χ1n) is 7.99. The van der Waals surface area contributed by atoms with E-state index in [2.05, 4.69) is 52.5 Å². The minimum Gasteiger partial charge on any atom is -0.292 e. The Labute approximate surface area is 135 Å². The average molecular weight is 308 g/mol. The zero-order valence-corrected chi connectivity index (χ0v) is 13.6. The van der Waals surface area contributed by atoms with E-state index in [0.717, 1.165) is 18.6 Å². The van der Waals surface area contributed by atoms with Gasteiger partial charge < -0.3 is 0 Å². The Balaban J connectivity index is 1.68. The van der Waals surface area contributed by atoms with Gasteiger partial charge in [-0.05, 0) is 41.5 Å². The third-order valence-electron chi connectivity index (χ3n) is 4.68. The van der Waals surface area contributed by atoms with Crippen LogP contribution in [0.2, 0.25) is 0 Å². The van der Waals surface area contributed by atoms with Gasteiger partial charge in [0.1, 0.15) is 0 Å². The largest absolute Gasteiger partial charge is 0.292 e. The smallest absolute Gasteiger partial charge is 0.0746 e. The van der Waals surface area contributed by atoms with Crippen LogP contribution in [0.4, 0.5) is 0 Å². The van der Waals surface area contributed by atoms with Gasteiger partial charge >= 0.3 is 0 Å². The summed E-state index contributed by atoms with van der Waals surface area (Å²) in [4.78, 5) is 8.81. The first-order chi connectivity index (χ1) is 10.9. The van der Waals surface area contributed by atoms with Gasteiger partial charge in [0.25, 0.3) is 0 Å². The standard InChI is InChI=1S/C19H20N2S/c1-2-17-16-9-12-22-18(16)8-11-21(17)13-15-6-3-5-14-7-4-10-20-19(14)15/h3-7,9-10,12,17H,2,8,11,13H2,1H3. The molecule has 3 heterocycles. The zero-order valence-electron chi connectivity index (χ0n) is 12.8. The number of aromatic nitrogens is 1. The SMILES string of the molecule is CCC1c2ccsc2CCN1Cc1cccc2cccnc12. The van der Waals surface area contributed by atoms with E-state index < -0.39 is 0 Å². The molecule has 0 saturated heterocycles. The Morgan fingerprint density at radius 3 is 3.05 bits per heavy atom. The van der Waals surface area contributed by atoms with E-state index in [1.165, 1.54) is 23.8 Å². The van der Waals surface area contributed by atoms with Gasteiger partial charge in [-0.1, -0.05) is 31.2 Å². The third kappa shape index (κ3) is 2.34. The molecule has 1 aromatic carbocycles. The summed E-state index contributed by atoms with van der Waals surface area (Å²) >= 11 is 1.92. The van der Waals surface area contributed by atoms with Gasteiger partial charge in [0, 0.05) is 35.6 Å². The Morgan fingerprint density at radius 2 is 2.14 bits per heavy atom. The van der Waals surface area contributed by atoms with Crippen LogP contribution in [0.3, 0.4) is 0 Å². The van der Waals surface area contributed by atoms with E-state index in [0.29, 0.717) is 6.04 Å². The fraction of sp³-hybridized carbons (Fsp3) is 0.316. The van der Waals surface area contributed by atoms with Crippen molar-refractivity contribution in [1.29, 1.82) is 0 Å². The average Bonchev–Trinajstić information content (AvgIpc) is 3.04. The summed E-state index contributed by atoms with van der Waals surface area (Å²) in [6.45, 7) is 4.43. The van der Waals surface area contributed by atoms with Crippen molar-refractivity contribution in [3.63, 3.8) is 0 Å². The molecule has 2 aromatic heterocycles. The van der Waals surface area contributed by atoms with Gasteiger partial charge in [-0.2, -0.15) is 0 Å². The van der Waals surface area contributed by atoms with Gasteiger partial charge in [0.2, 0.25) is 0 Å². The summed E-state index contributed by atoms with van der Waals surface area (Å²) < 4.78 is 0. The van der Waals surface area contributed by atoms with Gasteiger partial charge in [-0.3, -0.25) is 9.88 Å². The van der Waals surface area contributed by atoms with Crippen LogP contribution in [0.1, 0.15) is 35.4 Å². The van der Waals surface area contributed by atoms with Gasteiger partial charge in [-0.25, -0.2) is 0 Å². The Morgan fingerprint density at radius 1 is 1.23 bits per heavy atom. The molecule has 2 nitrogen and oxygen atoms in total. The second-order valence-corrected chi connectivity index (χ2v) is 6.94. The normalized spacial score (nSPS) is 18.5. The van der Waals surface area contributed by atoms with Crippen LogP contribution in [-0.4, -0.2) is 16.4 Å². The zero-order chi connectivity index (χ0) is 14.9. The quantitative estimate of drug-likeness (QED) is 0.690. The van der Waals surface area contributed by atoms with Crippen molar-refractivity contribution in [3.05, 3.63) is 64.0 Å². The van der Waals surface area contributed by atoms with Crippen molar-refractivity contribution >= 4 is 22.2 Å². The molecule has 1 aliphatic rings. The minimum absolute atomic E-state index is 0.550. The van der Waals surface area contributed by atoms with Crippen LogP contribution in [0.5, 0.6) is 0 Å². The molecular weight excluding hydrogens is 288 g/mol. The predicted octanol–water partition coefficient (Wildman–Crippen LogP) is 4.81. The van der Waals surface area contributed by atoms with E-state index in [9.17, 15) is 0 Å². The first kappa shape index (κ1) is 13.9. The maximum Gasteiger partial charge on any atom is 0.0746 e. The number of hydrogen-bond acceptors (Lipinski definition) is 3. The van der Waals surface area contributed by atoms with E-state index in [1.54, 1.807) is 10.4 Å². The first-order valence-corrected chi connectivity index (χ1v) is 8.87. The molecule has 4 rings (SSSR count). The van der Waals surface area contributed by atoms with E-state index in [1.807, 2.05) is 23.6 Å². The highest BCUT2D eigenvalue weighted by molar-refractivity contribution is 7.10. The lowest BCUT2D eigenvalue weighted by molar-refractivity contribution is 0.173. The Bertz CT molecular complexity index is 787. The molecule has 3 heteroatoms. The predicted molar refractivity (Wildman–Crippen MR) is 93.2 cm³/mol. The topological polar surface area (TPSA) is 16.1 Å². The van der Waals surface area contributed by atoms with Crippen LogP contribution < -0.4 is 0 Å². The number of thiophene rings is 1. The van der Waals surface area contributed by atoms with Crippen LogP contribution in [0.25, 0.3) is 10.9 Å². The molecule has 1 aliphatic heterocycles. The molecule has 0 bridgehead atoms. The van der Waals surface area contributed by atoms with Crippen molar-refractivity contribution in [2.45, 2.75) is 32.4 Å². The fourth-order valence-electron chi connectivity index (χ4n) is 3.63. The van der Waals surface area contributed by atoms with Crippen LogP contribution in [0, 0.1) is 0 Å². The molecule has 0 N–H and O–H groups in total. The summed E-state index contributed by atoms with van der Waals surface area (Å²) in [6.07, 6.45) is 4.25. The summed E-state index contributed by atoms with van der Waals surface area (Å²) in [5.41, 5.74) is 4.04. The lowest BCUT2D eigenvalue weighted by Gasteiger charge is -2.35. The van der Waals surface area contributed by atoms with Gasteiger partial charge in [-0.15, -0.1) is 11.3 Å². The Hall–Kier alpha value is -1.71. The van der Waals surface area contributed by atoms with E-state index in [-0.39, 0.29) is 0 Å². The number of para-hydroxylation sites is 1. The second kappa shape index (κ2) is 5.82. The van der Waals surface area contributed by atoms with Crippen molar-refractivity contribution in [2.75, 3.05) is 6.54 Å². The highest BCUT2D eigenvalue weighted by Gasteiger charge is 2.27. The number of nitrogens with zero attached hydrogens (tertiary/aromatic N) is 2. The van der Waals surface area contributed by atoms with Crippen molar-refractivity contribution in [2.24, 2.45) is 0 Å².